The maximum absolute atomic E-state index is 9.72. The van der Waals surface area contributed by atoms with Gasteiger partial charge in [0.05, 0.1) is 0 Å². The third kappa shape index (κ3) is 2.78. The summed E-state index contributed by atoms with van der Waals surface area (Å²) in [6.07, 6.45) is 0. The van der Waals surface area contributed by atoms with Gasteiger partial charge in [-0.25, -0.2) is 0 Å². The van der Waals surface area contributed by atoms with Crippen molar-refractivity contribution in [3.8, 4) is 5.75 Å². The number of anilines is 1. The van der Waals surface area contributed by atoms with Crippen LogP contribution in [0.4, 0.5) is 5.69 Å². The number of hydrogen-bond donors (Lipinski definition) is 1. The molecule has 0 aliphatic carbocycles. The second-order valence-corrected chi connectivity index (χ2v) is 4.32. The van der Waals surface area contributed by atoms with Gasteiger partial charge in [0.25, 0.3) is 0 Å². The SMILES string of the molecule is Cc1ccc(N(C)Cc2ccccc2O)cc1. The summed E-state index contributed by atoms with van der Waals surface area (Å²) in [4.78, 5) is 2.12. The maximum Gasteiger partial charge on any atom is 0.120 e. The Balaban J connectivity index is 2.14. The normalized spacial score (nSPS) is 10.2. The molecule has 0 aromatic heterocycles. The van der Waals surface area contributed by atoms with Gasteiger partial charge in [0, 0.05) is 24.8 Å². The van der Waals surface area contributed by atoms with E-state index in [0.717, 1.165) is 11.3 Å². The summed E-state index contributed by atoms with van der Waals surface area (Å²) < 4.78 is 0. The van der Waals surface area contributed by atoms with E-state index in [1.54, 1.807) is 6.07 Å². The minimum absolute atomic E-state index is 0.353. The lowest BCUT2D eigenvalue weighted by Crippen LogP contribution is -2.16. The van der Waals surface area contributed by atoms with Crippen molar-refractivity contribution in [2.45, 2.75) is 13.5 Å². The number of rotatable bonds is 3. The van der Waals surface area contributed by atoms with Crippen LogP contribution in [-0.4, -0.2) is 12.2 Å². The highest BCUT2D eigenvalue weighted by atomic mass is 16.3. The highest BCUT2D eigenvalue weighted by Gasteiger charge is 2.04. The molecule has 0 atom stereocenters. The monoisotopic (exact) mass is 227 g/mol. The van der Waals surface area contributed by atoms with Crippen molar-refractivity contribution in [1.82, 2.24) is 0 Å². The first-order chi connectivity index (χ1) is 8.16. The number of nitrogens with zero attached hydrogens (tertiary/aromatic N) is 1. The zero-order valence-electron chi connectivity index (χ0n) is 10.2. The molecule has 88 valence electrons. The van der Waals surface area contributed by atoms with E-state index in [-0.39, 0.29) is 0 Å². The summed E-state index contributed by atoms with van der Waals surface area (Å²) in [6, 6.07) is 15.8. The number of phenolic OH excluding ortho intramolecular Hbond substituents is 1. The molecule has 0 radical (unpaired) electrons. The first-order valence-corrected chi connectivity index (χ1v) is 5.71. The molecule has 0 saturated carbocycles. The van der Waals surface area contributed by atoms with Crippen LogP contribution in [0.3, 0.4) is 0 Å². The Morgan fingerprint density at radius 2 is 1.65 bits per heavy atom. The molecule has 0 amide bonds. The molecule has 0 unspecified atom stereocenters. The van der Waals surface area contributed by atoms with Gasteiger partial charge in [0.2, 0.25) is 0 Å². The number of phenols is 1. The van der Waals surface area contributed by atoms with Crippen molar-refractivity contribution in [3.63, 3.8) is 0 Å². The van der Waals surface area contributed by atoms with Gasteiger partial charge in [-0.1, -0.05) is 35.9 Å². The molecule has 2 aromatic carbocycles. The molecule has 0 aliphatic rings. The van der Waals surface area contributed by atoms with Crippen molar-refractivity contribution in [2.24, 2.45) is 0 Å². The van der Waals surface area contributed by atoms with Gasteiger partial charge in [-0.2, -0.15) is 0 Å². The van der Waals surface area contributed by atoms with Crippen LogP contribution in [0.15, 0.2) is 48.5 Å². The zero-order valence-corrected chi connectivity index (χ0v) is 10.2. The highest BCUT2D eigenvalue weighted by Crippen LogP contribution is 2.21. The minimum atomic E-state index is 0.353. The Morgan fingerprint density at radius 3 is 2.29 bits per heavy atom. The Labute approximate surface area is 102 Å². The Morgan fingerprint density at radius 1 is 1.00 bits per heavy atom. The van der Waals surface area contributed by atoms with Crippen LogP contribution in [0.1, 0.15) is 11.1 Å². The first kappa shape index (κ1) is 11.5. The molecule has 0 fully saturated rings. The minimum Gasteiger partial charge on any atom is -0.508 e. The topological polar surface area (TPSA) is 23.5 Å². The van der Waals surface area contributed by atoms with Gasteiger partial charge in [0.1, 0.15) is 5.75 Å². The Hall–Kier alpha value is -1.96. The van der Waals surface area contributed by atoms with Gasteiger partial charge in [-0.3, -0.25) is 0 Å². The molecule has 17 heavy (non-hydrogen) atoms. The molecule has 2 nitrogen and oxygen atoms in total. The summed E-state index contributed by atoms with van der Waals surface area (Å²) in [5, 5.41) is 9.72. The predicted octanol–water partition coefficient (Wildman–Crippen LogP) is 3.34. The van der Waals surface area contributed by atoms with Crippen molar-refractivity contribution in [3.05, 3.63) is 59.7 Å². The molecule has 2 heteroatoms. The molecule has 1 N–H and O–H groups in total. The molecule has 2 rings (SSSR count). The molecular weight excluding hydrogens is 210 g/mol. The van der Waals surface area contributed by atoms with Crippen LogP contribution >= 0.6 is 0 Å². The van der Waals surface area contributed by atoms with Crippen LogP contribution in [0.2, 0.25) is 0 Å². The highest BCUT2D eigenvalue weighted by molar-refractivity contribution is 5.48. The van der Waals surface area contributed by atoms with Crippen LogP contribution in [0.5, 0.6) is 5.75 Å². The summed E-state index contributed by atoms with van der Waals surface area (Å²) >= 11 is 0. The van der Waals surface area contributed by atoms with E-state index < -0.39 is 0 Å². The standard InChI is InChI=1S/C15H17NO/c1-12-7-9-14(10-8-12)16(2)11-13-5-3-4-6-15(13)17/h3-10,17H,11H2,1-2H3. The van der Waals surface area contributed by atoms with E-state index >= 15 is 0 Å². The summed E-state index contributed by atoms with van der Waals surface area (Å²) in [6.45, 7) is 2.78. The van der Waals surface area contributed by atoms with E-state index in [0.29, 0.717) is 12.3 Å². The molecule has 2 aromatic rings. The van der Waals surface area contributed by atoms with Gasteiger partial charge in [-0.05, 0) is 25.1 Å². The predicted molar refractivity (Wildman–Crippen MR) is 71.4 cm³/mol. The van der Waals surface area contributed by atoms with Gasteiger partial charge < -0.3 is 10.0 Å². The largest absolute Gasteiger partial charge is 0.508 e. The summed E-state index contributed by atoms with van der Waals surface area (Å²) in [7, 11) is 2.02. The van der Waals surface area contributed by atoms with Crippen molar-refractivity contribution in [2.75, 3.05) is 11.9 Å². The Kier molecular flexibility index (Phi) is 3.33. The molecule has 0 spiro atoms. The number of para-hydroxylation sites is 1. The number of aryl methyl sites for hydroxylation is 1. The number of hydrogen-bond acceptors (Lipinski definition) is 2. The molecule has 0 aliphatic heterocycles. The van der Waals surface area contributed by atoms with E-state index in [1.165, 1.54) is 5.56 Å². The second-order valence-electron chi connectivity index (χ2n) is 4.32. The zero-order chi connectivity index (χ0) is 12.3. The quantitative estimate of drug-likeness (QED) is 0.869. The van der Waals surface area contributed by atoms with Gasteiger partial charge in [-0.15, -0.1) is 0 Å². The fraction of sp³-hybridized carbons (Fsp3) is 0.200. The molecule has 0 saturated heterocycles. The number of benzene rings is 2. The van der Waals surface area contributed by atoms with E-state index in [2.05, 4.69) is 36.1 Å². The lowest BCUT2D eigenvalue weighted by molar-refractivity contribution is 0.468. The Bertz CT molecular complexity index is 491. The fourth-order valence-electron chi connectivity index (χ4n) is 1.79. The average molecular weight is 227 g/mol. The third-order valence-corrected chi connectivity index (χ3v) is 2.87. The molecule has 0 bridgehead atoms. The van der Waals surface area contributed by atoms with E-state index in [1.807, 2.05) is 25.2 Å². The third-order valence-electron chi connectivity index (χ3n) is 2.87. The van der Waals surface area contributed by atoms with Crippen LogP contribution in [-0.2, 0) is 6.54 Å². The van der Waals surface area contributed by atoms with Crippen molar-refractivity contribution in [1.29, 1.82) is 0 Å². The average Bonchev–Trinajstić information content (AvgIpc) is 2.33. The molecular formula is C15H17NO. The maximum atomic E-state index is 9.72. The molecule has 0 heterocycles. The van der Waals surface area contributed by atoms with E-state index in [4.69, 9.17) is 0 Å². The van der Waals surface area contributed by atoms with Crippen LogP contribution in [0.25, 0.3) is 0 Å². The number of aromatic hydroxyl groups is 1. The lowest BCUT2D eigenvalue weighted by atomic mass is 10.1. The van der Waals surface area contributed by atoms with Crippen molar-refractivity contribution >= 4 is 5.69 Å². The van der Waals surface area contributed by atoms with Crippen LogP contribution < -0.4 is 4.90 Å². The van der Waals surface area contributed by atoms with Gasteiger partial charge in [0.15, 0.2) is 0 Å². The fourth-order valence-corrected chi connectivity index (χ4v) is 1.79. The van der Waals surface area contributed by atoms with Gasteiger partial charge >= 0.3 is 0 Å². The van der Waals surface area contributed by atoms with E-state index in [9.17, 15) is 5.11 Å². The second kappa shape index (κ2) is 4.91. The lowest BCUT2D eigenvalue weighted by Gasteiger charge is -2.20. The summed E-state index contributed by atoms with van der Waals surface area (Å²) in [5.74, 6) is 0.353. The summed E-state index contributed by atoms with van der Waals surface area (Å²) in [5.41, 5.74) is 3.35. The smallest absolute Gasteiger partial charge is 0.120 e. The first-order valence-electron chi connectivity index (χ1n) is 5.71. The van der Waals surface area contributed by atoms with Crippen LogP contribution in [0, 0.1) is 6.92 Å². The van der Waals surface area contributed by atoms with Crippen molar-refractivity contribution < 1.29 is 5.11 Å².